The highest BCUT2D eigenvalue weighted by molar-refractivity contribution is 5.90. The maximum atomic E-state index is 11.4. The topological polar surface area (TPSA) is 46.5 Å². The van der Waals surface area contributed by atoms with Crippen molar-refractivity contribution in [1.29, 1.82) is 0 Å². The largest absolute Gasteiger partial charge is 0.429 e. The summed E-state index contributed by atoms with van der Waals surface area (Å²) in [5, 5.41) is 9.23. The van der Waals surface area contributed by atoms with Crippen LogP contribution in [0.25, 0.3) is 0 Å². The lowest BCUT2D eigenvalue weighted by Gasteiger charge is -2.37. The van der Waals surface area contributed by atoms with E-state index in [0.717, 1.165) is 6.42 Å². The molecule has 3 heteroatoms. The van der Waals surface area contributed by atoms with E-state index in [4.69, 9.17) is 4.74 Å². The average molecular weight is 248 g/mol. The zero-order chi connectivity index (χ0) is 13.3. The van der Waals surface area contributed by atoms with E-state index in [9.17, 15) is 9.90 Å². The first-order chi connectivity index (χ1) is 8.43. The van der Waals surface area contributed by atoms with Crippen LogP contribution in [0.1, 0.15) is 33.6 Å². The van der Waals surface area contributed by atoms with Gasteiger partial charge in [0, 0.05) is 5.57 Å². The van der Waals surface area contributed by atoms with Crippen LogP contribution in [-0.4, -0.2) is 17.4 Å². The number of rotatable bonds is 3. The SMILES string of the molecule is CC1=CC=C[C@@H](C)[C@]1(C)CCC1=CC(O)OC1=O. The van der Waals surface area contributed by atoms with Gasteiger partial charge < -0.3 is 9.84 Å². The molecule has 2 aliphatic rings. The summed E-state index contributed by atoms with van der Waals surface area (Å²) in [7, 11) is 0. The number of hydrogen-bond donors (Lipinski definition) is 1. The van der Waals surface area contributed by atoms with Crippen LogP contribution in [0, 0.1) is 11.3 Å². The lowest BCUT2D eigenvalue weighted by atomic mass is 9.67. The van der Waals surface area contributed by atoms with E-state index in [-0.39, 0.29) is 11.4 Å². The van der Waals surface area contributed by atoms with Crippen molar-refractivity contribution in [2.45, 2.75) is 39.9 Å². The summed E-state index contributed by atoms with van der Waals surface area (Å²) in [5.41, 5.74) is 2.01. The Morgan fingerprint density at radius 3 is 2.78 bits per heavy atom. The van der Waals surface area contributed by atoms with Crippen molar-refractivity contribution in [1.82, 2.24) is 0 Å². The molecule has 1 N–H and O–H groups in total. The highest BCUT2D eigenvalue weighted by Crippen LogP contribution is 2.43. The van der Waals surface area contributed by atoms with Gasteiger partial charge in [-0.1, -0.05) is 37.6 Å². The van der Waals surface area contributed by atoms with Gasteiger partial charge in [0.2, 0.25) is 6.29 Å². The zero-order valence-corrected chi connectivity index (χ0v) is 11.1. The second kappa shape index (κ2) is 4.73. The first-order valence-electron chi connectivity index (χ1n) is 6.39. The predicted molar refractivity (Wildman–Crippen MR) is 69.6 cm³/mol. The Bertz CT molecular complexity index is 445. The van der Waals surface area contributed by atoms with Crippen LogP contribution in [0.3, 0.4) is 0 Å². The van der Waals surface area contributed by atoms with Crippen LogP contribution in [0.4, 0.5) is 0 Å². The van der Waals surface area contributed by atoms with Gasteiger partial charge in [0.05, 0.1) is 0 Å². The molecule has 1 aliphatic carbocycles. The van der Waals surface area contributed by atoms with Gasteiger partial charge in [-0.3, -0.25) is 0 Å². The standard InChI is InChI=1S/C15H20O3/c1-10-5-4-6-11(2)15(10,3)8-7-12-9-13(16)18-14(12)17/h4-6,9-10,13,16H,7-8H2,1-3H3/t10-,13?,15+/m1/s1. The molecular formula is C15H20O3. The predicted octanol–water partition coefficient (Wildman–Crippen LogP) is 2.73. The van der Waals surface area contributed by atoms with Crippen molar-refractivity contribution in [2.24, 2.45) is 11.3 Å². The molecule has 18 heavy (non-hydrogen) atoms. The van der Waals surface area contributed by atoms with Gasteiger partial charge in [-0.05, 0) is 37.2 Å². The number of carbonyl (C=O) groups excluding carboxylic acids is 1. The minimum atomic E-state index is -1.05. The molecule has 1 aliphatic heterocycles. The lowest BCUT2D eigenvalue weighted by molar-refractivity contribution is -0.151. The third-order valence-corrected chi connectivity index (χ3v) is 4.40. The average Bonchev–Trinajstić information content (AvgIpc) is 2.62. The number of ether oxygens (including phenoxy) is 1. The van der Waals surface area contributed by atoms with Crippen LogP contribution in [-0.2, 0) is 9.53 Å². The van der Waals surface area contributed by atoms with E-state index in [1.54, 1.807) is 0 Å². The molecule has 0 amide bonds. The molecule has 0 saturated heterocycles. The van der Waals surface area contributed by atoms with Crippen molar-refractivity contribution < 1.29 is 14.6 Å². The van der Waals surface area contributed by atoms with Crippen LogP contribution >= 0.6 is 0 Å². The Morgan fingerprint density at radius 1 is 1.50 bits per heavy atom. The third kappa shape index (κ3) is 2.27. The summed E-state index contributed by atoms with van der Waals surface area (Å²) >= 11 is 0. The van der Waals surface area contributed by atoms with Crippen molar-refractivity contribution in [3.05, 3.63) is 35.5 Å². The Hall–Kier alpha value is -1.35. The minimum Gasteiger partial charge on any atom is -0.429 e. The summed E-state index contributed by atoms with van der Waals surface area (Å²) in [6.45, 7) is 6.56. The molecule has 0 aromatic heterocycles. The fourth-order valence-corrected chi connectivity index (χ4v) is 2.59. The first kappa shape index (κ1) is 13.1. The van der Waals surface area contributed by atoms with E-state index < -0.39 is 6.29 Å². The molecule has 0 radical (unpaired) electrons. The van der Waals surface area contributed by atoms with Gasteiger partial charge in [-0.15, -0.1) is 0 Å². The van der Waals surface area contributed by atoms with Gasteiger partial charge >= 0.3 is 5.97 Å². The van der Waals surface area contributed by atoms with Gasteiger partial charge in [0.15, 0.2) is 0 Å². The van der Waals surface area contributed by atoms with E-state index in [0.29, 0.717) is 17.9 Å². The van der Waals surface area contributed by atoms with Crippen LogP contribution in [0.15, 0.2) is 35.5 Å². The molecule has 3 atom stereocenters. The quantitative estimate of drug-likeness (QED) is 0.781. The Labute approximate surface area is 108 Å². The van der Waals surface area contributed by atoms with Gasteiger partial charge in [0.1, 0.15) is 0 Å². The number of hydrogen-bond acceptors (Lipinski definition) is 3. The number of aliphatic hydroxyl groups excluding tert-OH is 1. The molecule has 0 saturated carbocycles. The van der Waals surface area contributed by atoms with Crippen LogP contribution in [0.5, 0.6) is 0 Å². The summed E-state index contributed by atoms with van der Waals surface area (Å²) in [6, 6.07) is 0. The molecule has 3 nitrogen and oxygen atoms in total. The maximum absolute atomic E-state index is 11.4. The summed E-state index contributed by atoms with van der Waals surface area (Å²) in [4.78, 5) is 11.4. The highest BCUT2D eigenvalue weighted by atomic mass is 16.6. The minimum absolute atomic E-state index is 0.0728. The fraction of sp³-hybridized carbons (Fsp3) is 0.533. The van der Waals surface area contributed by atoms with E-state index >= 15 is 0 Å². The number of aliphatic hydroxyl groups is 1. The summed E-state index contributed by atoms with van der Waals surface area (Å²) in [6.07, 6.45) is 8.41. The van der Waals surface area contributed by atoms with E-state index in [1.807, 2.05) is 0 Å². The molecule has 1 unspecified atom stereocenters. The molecule has 0 spiro atoms. The molecule has 0 fully saturated rings. The van der Waals surface area contributed by atoms with Crippen molar-refractivity contribution in [2.75, 3.05) is 0 Å². The Morgan fingerprint density at radius 2 is 2.22 bits per heavy atom. The third-order valence-electron chi connectivity index (χ3n) is 4.40. The summed E-state index contributed by atoms with van der Waals surface area (Å²) in [5.74, 6) is 0.0668. The monoisotopic (exact) mass is 248 g/mol. The molecule has 1 heterocycles. The second-order valence-electron chi connectivity index (χ2n) is 5.43. The number of allylic oxidation sites excluding steroid dienone is 4. The lowest BCUT2D eigenvalue weighted by Crippen LogP contribution is -2.27. The van der Waals surface area contributed by atoms with Crippen molar-refractivity contribution in [3.63, 3.8) is 0 Å². The van der Waals surface area contributed by atoms with Gasteiger partial charge in [0.25, 0.3) is 0 Å². The van der Waals surface area contributed by atoms with E-state index in [2.05, 4.69) is 39.0 Å². The van der Waals surface area contributed by atoms with Crippen molar-refractivity contribution in [3.8, 4) is 0 Å². The number of esters is 1. The zero-order valence-electron chi connectivity index (χ0n) is 11.1. The molecule has 2 rings (SSSR count). The van der Waals surface area contributed by atoms with Gasteiger partial charge in [-0.25, -0.2) is 4.79 Å². The number of cyclic esters (lactones) is 1. The Balaban J connectivity index is 2.06. The highest BCUT2D eigenvalue weighted by Gasteiger charge is 2.34. The normalized spacial score (nSPS) is 35.2. The smallest absolute Gasteiger partial charge is 0.336 e. The molecular weight excluding hydrogens is 228 g/mol. The van der Waals surface area contributed by atoms with Gasteiger partial charge in [-0.2, -0.15) is 0 Å². The molecule has 0 aromatic rings. The molecule has 0 bridgehead atoms. The van der Waals surface area contributed by atoms with Crippen LogP contribution < -0.4 is 0 Å². The number of carbonyl (C=O) groups is 1. The molecule has 0 aromatic carbocycles. The fourth-order valence-electron chi connectivity index (χ4n) is 2.59. The Kier molecular flexibility index (Phi) is 3.44. The maximum Gasteiger partial charge on any atom is 0.336 e. The second-order valence-corrected chi connectivity index (χ2v) is 5.43. The van der Waals surface area contributed by atoms with Crippen LogP contribution in [0.2, 0.25) is 0 Å². The summed E-state index contributed by atoms with van der Waals surface area (Å²) < 4.78 is 4.70. The van der Waals surface area contributed by atoms with Crippen molar-refractivity contribution >= 4 is 5.97 Å². The first-order valence-corrected chi connectivity index (χ1v) is 6.39. The molecule has 98 valence electrons. The van der Waals surface area contributed by atoms with E-state index in [1.165, 1.54) is 11.6 Å².